The number of likely N-dealkylation sites (tertiary alicyclic amines) is 1. The van der Waals surface area contributed by atoms with Crippen LogP contribution in [-0.2, 0) is 12.8 Å². The molecule has 0 aromatic carbocycles. The number of rotatable bonds is 2. The van der Waals surface area contributed by atoms with Crippen LogP contribution in [0, 0.1) is 5.41 Å². The molecule has 1 aliphatic heterocycles. The third-order valence-corrected chi connectivity index (χ3v) is 6.67. The molecule has 0 unspecified atom stereocenters. The molecule has 1 aromatic rings. The maximum atomic E-state index is 12.7. The zero-order chi connectivity index (χ0) is 15.0. The van der Waals surface area contributed by atoms with Crippen LogP contribution < -0.4 is 5.73 Å². The van der Waals surface area contributed by atoms with Crippen molar-refractivity contribution in [1.82, 2.24) is 4.90 Å². The van der Waals surface area contributed by atoms with Crippen molar-refractivity contribution < 1.29 is 4.79 Å². The number of fused-ring (bicyclic) bond motifs is 1. The Labute approximate surface area is 135 Å². The van der Waals surface area contributed by atoms with Crippen LogP contribution in [0.5, 0.6) is 0 Å². The van der Waals surface area contributed by atoms with Crippen molar-refractivity contribution in [1.29, 1.82) is 0 Å². The fourth-order valence-electron chi connectivity index (χ4n) is 3.20. The summed E-state index contributed by atoms with van der Waals surface area (Å²) >= 11 is 6.86. The second-order valence-electron chi connectivity index (χ2n) is 6.48. The Morgan fingerprint density at radius 2 is 2.00 bits per heavy atom. The Kier molecular flexibility index (Phi) is 4.06. The number of nitrogens with zero attached hydrogens (tertiary/aromatic N) is 1. The molecule has 5 heteroatoms. The van der Waals surface area contributed by atoms with Gasteiger partial charge < -0.3 is 10.6 Å². The minimum atomic E-state index is -0.0825. The fraction of sp³-hybridized carbons (Fsp3) is 0.625. The summed E-state index contributed by atoms with van der Waals surface area (Å²) in [7, 11) is 0. The molecule has 0 atom stereocenters. The van der Waals surface area contributed by atoms with Crippen LogP contribution in [0.2, 0.25) is 0 Å². The Hall–Kier alpha value is -0.940. The van der Waals surface area contributed by atoms with E-state index in [1.807, 2.05) is 4.90 Å². The molecule has 0 spiro atoms. The molecule has 0 saturated carbocycles. The van der Waals surface area contributed by atoms with Crippen molar-refractivity contribution in [3.05, 3.63) is 21.4 Å². The van der Waals surface area contributed by atoms with Gasteiger partial charge in [-0.3, -0.25) is 4.79 Å². The van der Waals surface area contributed by atoms with Crippen molar-refractivity contribution in [3.63, 3.8) is 0 Å². The van der Waals surface area contributed by atoms with Gasteiger partial charge in [0.15, 0.2) is 0 Å². The lowest BCUT2D eigenvalue weighted by molar-refractivity contribution is 0.0675. The molecule has 3 nitrogen and oxygen atoms in total. The number of aryl methyl sites for hydroxylation is 2. The van der Waals surface area contributed by atoms with E-state index in [9.17, 15) is 4.79 Å². The maximum absolute atomic E-state index is 12.7. The van der Waals surface area contributed by atoms with E-state index in [-0.39, 0.29) is 11.3 Å². The number of hydrogen-bond donors (Lipinski definition) is 1. The lowest BCUT2D eigenvalue weighted by Gasteiger charge is -2.38. The number of piperidine rings is 1. The predicted molar refractivity (Wildman–Crippen MR) is 91.0 cm³/mol. The SMILES string of the molecule is CC1(C(N)=S)CCN(C(=O)c2cc3c(s2)CCCC3)CC1. The molecule has 3 rings (SSSR count). The highest BCUT2D eigenvalue weighted by atomic mass is 32.1. The van der Waals surface area contributed by atoms with Crippen molar-refractivity contribution in [2.24, 2.45) is 11.1 Å². The van der Waals surface area contributed by atoms with Gasteiger partial charge in [0.1, 0.15) is 0 Å². The second-order valence-corrected chi connectivity index (χ2v) is 8.06. The molecule has 1 aliphatic carbocycles. The third-order valence-electron chi connectivity index (χ3n) is 4.96. The number of thiocarbonyl (C=S) groups is 1. The number of carbonyl (C=O) groups is 1. The largest absolute Gasteiger partial charge is 0.393 e. The van der Waals surface area contributed by atoms with Crippen LogP contribution in [0.4, 0.5) is 0 Å². The smallest absolute Gasteiger partial charge is 0.263 e. The van der Waals surface area contributed by atoms with Crippen LogP contribution in [0.15, 0.2) is 6.07 Å². The first kappa shape index (κ1) is 15.0. The first-order chi connectivity index (χ1) is 9.99. The van der Waals surface area contributed by atoms with Gasteiger partial charge in [-0.2, -0.15) is 0 Å². The summed E-state index contributed by atoms with van der Waals surface area (Å²) in [5.41, 5.74) is 7.15. The molecule has 21 heavy (non-hydrogen) atoms. The molecule has 2 N–H and O–H groups in total. The van der Waals surface area contributed by atoms with Crippen molar-refractivity contribution in [3.8, 4) is 0 Å². The Morgan fingerprint density at radius 1 is 1.33 bits per heavy atom. The highest BCUT2D eigenvalue weighted by molar-refractivity contribution is 7.80. The summed E-state index contributed by atoms with van der Waals surface area (Å²) in [6, 6.07) is 2.13. The molecule has 1 saturated heterocycles. The highest BCUT2D eigenvalue weighted by Gasteiger charge is 2.34. The first-order valence-corrected chi connectivity index (χ1v) is 8.93. The average Bonchev–Trinajstić information content (AvgIpc) is 2.91. The van der Waals surface area contributed by atoms with Crippen LogP contribution in [0.3, 0.4) is 0 Å². The summed E-state index contributed by atoms with van der Waals surface area (Å²) in [6.45, 7) is 3.63. The number of thiophene rings is 1. The molecular formula is C16H22N2OS2. The van der Waals surface area contributed by atoms with Crippen LogP contribution in [0.1, 0.15) is 52.7 Å². The second kappa shape index (κ2) is 5.69. The van der Waals surface area contributed by atoms with E-state index in [2.05, 4.69) is 13.0 Å². The first-order valence-electron chi connectivity index (χ1n) is 7.70. The monoisotopic (exact) mass is 322 g/mol. The summed E-state index contributed by atoms with van der Waals surface area (Å²) in [5.74, 6) is 0.194. The number of hydrogen-bond acceptors (Lipinski definition) is 3. The Balaban J connectivity index is 1.69. The van der Waals surface area contributed by atoms with Crippen LogP contribution >= 0.6 is 23.6 Å². The zero-order valence-corrected chi connectivity index (χ0v) is 14.1. The van der Waals surface area contributed by atoms with E-state index < -0.39 is 0 Å². The van der Waals surface area contributed by atoms with Gasteiger partial charge in [-0.15, -0.1) is 11.3 Å². The van der Waals surface area contributed by atoms with E-state index in [1.165, 1.54) is 23.3 Å². The summed E-state index contributed by atoms with van der Waals surface area (Å²) in [6.07, 6.45) is 6.55. The van der Waals surface area contributed by atoms with Crippen LogP contribution in [0.25, 0.3) is 0 Å². The van der Waals surface area contributed by atoms with Gasteiger partial charge in [-0.05, 0) is 50.2 Å². The molecule has 2 heterocycles. The molecule has 0 radical (unpaired) electrons. The van der Waals surface area contributed by atoms with Gasteiger partial charge in [0.25, 0.3) is 5.91 Å². The molecule has 114 valence electrons. The van der Waals surface area contributed by atoms with E-state index in [4.69, 9.17) is 18.0 Å². The quantitative estimate of drug-likeness (QED) is 0.851. The Bertz CT molecular complexity index is 547. The van der Waals surface area contributed by atoms with Crippen LogP contribution in [-0.4, -0.2) is 28.9 Å². The third kappa shape index (κ3) is 2.86. The lowest BCUT2D eigenvalue weighted by atomic mass is 9.80. The Morgan fingerprint density at radius 3 is 2.62 bits per heavy atom. The summed E-state index contributed by atoms with van der Waals surface area (Å²) in [4.78, 5) is 17.6. The van der Waals surface area contributed by atoms with E-state index in [0.29, 0.717) is 4.99 Å². The molecule has 2 aliphatic rings. The lowest BCUT2D eigenvalue weighted by Crippen LogP contribution is -2.46. The summed E-state index contributed by atoms with van der Waals surface area (Å²) in [5, 5.41) is 0. The van der Waals surface area contributed by atoms with Gasteiger partial charge in [-0.1, -0.05) is 19.1 Å². The standard InChI is InChI=1S/C16H22N2OS2/c1-16(15(17)20)6-8-18(9-7-16)14(19)13-10-11-4-2-3-5-12(11)21-13/h10H,2-9H2,1H3,(H2,17,20). The molecular weight excluding hydrogens is 300 g/mol. The van der Waals surface area contributed by atoms with E-state index in [0.717, 1.165) is 43.6 Å². The molecule has 1 fully saturated rings. The minimum absolute atomic E-state index is 0.0825. The minimum Gasteiger partial charge on any atom is -0.393 e. The van der Waals surface area contributed by atoms with Gasteiger partial charge in [0.05, 0.1) is 9.87 Å². The van der Waals surface area contributed by atoms with Gasteiger partial charge >= 0.3 is 0 Å². The molecule has 1 amide bonds. The number of nitrogens with two attached hydrogens (primary N) is 1. The zero-order valence-electron chi connectivity index (χ0n) is 12.5. The van der Waals surface area contributed by atoms with E-state index >= 15 is 0 Å². The van der Waals surface area contributed by atoms with Crippen molar-refractivity contribution in [2.45, 2.75) is 45.4 Å². The van der Waals surface area contributed by atoms with Gasteiger partial charge in [0, 0.05) is 23.4 Å². The molecule has 1 aromatic heterocycles. The van der Waals surface area contributed by atoms with Crippen molar-refractivity contribution >= 4 is 34.5 Å². The maximum Gasteiger partial charge on any atom is 0.263 e. The molecule has 0 bridgehead atoms. The predicted octanol–water partition coefficient (Wildman–Crippen LogP) is 3.16. The normalized spacial score (nSPS) is 20.9. The van der Waals surface area contributed by atoms with Crippen molar-refractivity contribution in [2.75, 3.05) is 13.1 Å². The summed E-state index contributed by atoms with van der Waals surface area (Å²) < 4.78 is 0. The average molecular weight is 322 g/mol. The fourth-order valence-corrected chi connectivity index (χ4v) is 4.63. The van der Waals surface area contributed by atoms with Gasteiger partial charge in [0.2, 0.25) is 0 Å². The van der Waals surface area contributed by atoms with Gasteiger partial charge in [-0.25, -0.2) is 0 Å². The topological polar surface area (TPSA) is 46.3 Å². The number of amides is 1. The highest BCUT2D eigenvalue weighted by Crippen LogP contribution is 2.34. The van der Waals surface area contributed by atoms with E-state index in [1.54, 1.807) is 11.3 Å². The number of carbonyl (C=O) groups excluding carboxylic acids is 1.